The molecule has 0 bridgehead atoms. The van der Waals surface area contributed by atoms with E-state index in [1.807, 2.05) is 28.7 Å². The van der Waals surface area contributed by atoms with Crippen LogP contribution in [0.25, 0.3) is 0 Å². The van der Waals surface area contributed by atoms with E-state index in [1.54, 1.807) is 60.7 Å². The van der Waals surface area contributed by atoms with Crippen molar-refractivity contribution >= 4 is 80.8 Å². The molecule has 52 heavy (non-hydrogen) atoms. The van der Waals surface area contributed by atoms with Gasteiger partial charge in [-0.2, -0.15) is 5.01 Å². The number of benzene rings is 4. The summed E-state index contributed by atoms with van der Waals surface area (Å²) in [5.74, 6) is -6.21. The van der Waals surface area contributed by atoms with Gasteiger partial charge in [0.15, 0.2) is 11.5 Å². The predicted octanol–water partition coefficient (Wildman–Crippen LogP) is 7.64. The fraction of sp³-hybridized carbons (Fsp3) is 0.231. The molecule has 6 unspecified atom stereocenters. The lowest BCUT2D eigenvalue weighted by atomic mass is 9.49. The Balaban J connectivity index is 1.35. The second kappa shape index (κ2) is 12.9. The molecule has 9 nitrogen and oxygen atoms in total. The van der Waals surface area contributed by atoms with Crippen LogP contribution in [0.2, 0.25) is 10.0 Å². The van der Waals surface area contributed by atoms with Crippen molar-refractivity contribution in [1.29, 1.82) is 0 Å². The predicted molar refractivity (Wildman–Crippen MR) is 200 cm³/mol. The van der Waals surface area contributed by atoms with E-state index < -0.39 is 52.6 Å². The number of nitrogens with zero attached hydrogens (tertiary/aromatic N) is 2. The second-order valence-corrected chi connectivity index (χ2v) is 15.5. The quantitative estimate of drug-likeness (QED) is 0.116. The van der Waals surface area contributed by atoms with Crippen LogP contribution in [0.15, 0.2) is 96.6 Å². The molecule has 4 aliphatic rings. The highest BCUT2D eigenvalue weighted by Gasteiger charge is 2.70. The van der Waals surface area contributed by atoms with Gasteiger partial charge in [0.05, 0.1) is 45.2 Å². The summed E-state index contributed by atoms with van der Waals surface area (Å²) >= 11 is 14.5. The molecule has 13 heteroatoms. The van der Waals surface area contributed by atoms with Crippen LogP contribution in [-0.4, -0.2) is 40.9 Å². The molecule has 4 amide bonds. The average Bonchev–Trinajstić information content (AvgIpc) is 3.51. The lowest BCUT2D eigenvalue weighted by molar-refractivity contribution is -0.138. The van der Waals surface area contributed by atoms with Crippen molar-refractivity contribution in [2.24, 2.45) is 23.7 Å². The van der Waals surface area contributed by atoms with Crippen LogP contribution in [0.3, 0.4) is 0 Å². The maximum absolute atomic E-state index is 15.3. The number of hydrogen-bond acceptors (Lipinski definition) is 7. The van der Waals surface area contributed by atoms with Gasteiger partial charge in [0, 0.05) is 16.0 Å². The first kappa shape index (κ1) is 34.6. The van der Waals surface area contributed by atoms with Crippen molar-refractivity contribution in [2.45, 2.75) is 24.2 Å². The van der Waals surface area contributed by atoms with Crippen LogP contribution >= 0.6 is 45.8 Å². The Bertz CT molecular complexity index is 2200. The number of phenols is 1. The zero-order valence-electron chi connectivity index (χ0n) is 27.4. The van der Waals surface area contributed by atoms with Gasteiger partial charge in [0.25, 0.3) is 11.8 Å². The fourth-order valence-electron chi connectivity index (χ4n) is 8.79. The topological polar surface area (TPSA) is 116 Å². The zero-order chi connectivity index (χ0) is 36.6. The summed E-state index contributed by atoms with van der Waals surface area (Å²) in [7, 11) is 1.42. The van der Waals surface area contributed by atoms with Gasteiger partial charge in [-0.1, -0.05) is 47.0 Å². The molecule has 4 aromatic rings. The van der Waals surface area contributed by atoms with Gasteiger partial charge in [-0.3, -0.25) is 29.5 Å². The van der Waals surface area contributed by atoms with E-state index in [0.717, 1.165) is 10.6 Å². The highest BCUT2D eigenvalue weighted by Crippen LogP contribution is 2.64. The number of carbonyl (C=O) groups excluding carboxylic acids is 4. The molecular weight excluding hydrogens is 823 g/mol. The molecule has 2 aliphatic carbocycles. The largest absolute Gasteiger partial charge is 0.504 e. The summed E-state index contributed by atoms with van der Waals surface area (Å²) in [6.07, 6.45) is 2.26. The summed E-state index contributed by atoms with van der Waals surface area (Å²) < 4.78 is 19.9. The third-order valence-electron chi connectivity index (χ3n) is 10.9. The third kappa shape index (κ3) is 5.14. The summed E-state index contributed by atoms with van der Waals surface area (Å²) in [5, 5.41) is 12.8. The molecule has 0 aromatic heterocycles. The van der Waals surface area contributed by atoms with E-state index in [9.17, 15) is 23.9 Å². The first-order valence-corrected chi connectivity index (χ1v) is 18.4. The minimum absolute atomic E-state index is 0.0814. The zero-order valence-corrected chi connectivity index (χ0v) is 31.0. The molecule has 8 rings (SSSR count). The van der Waals surface area contributed by atoms with Crippen molar-refractivity contribution < 1.29 is 33.4 Å². The first-order chi connectivity index (χ1) is 24.9. The maximum Gasteiger partial charge on any atom is 0.260 e. The van der Waals surface area contributed by atoms with Crippen molar-refractivity contribution in [3.8, 4) is 11.5 Å². The number of hydrogen-bond donors (Lipinski definition) is 2. The number of phenolic OH excluding ortho intramolecular Hbond substituents is 1. The summed E-state index contributed by atoms with van der Waals surface area (Å²) in [6, 6.07) is 22.0. The van der Waals surface area contributed by atoms with Gasteiger partial charge in [0.2, 0.25) is 11.8 Å². The van der Waals surface area contributed by atoms with Crippen molar-refractivity contribution in [2.75, 3.05) is 17.4 Å². The number of amides is 4. The van der Waals surface area contributed by atoms with Gasteiger partial charge < -0.3 is 9.84 Å². The van der Waals surface area contributed by atoms with Gasteiger partial charge >= 0.3 is 0 Å². The van der Waals surface area contributed by atoms with Crippen molar-refractivity contribution in [3.05, 3.63) is 127 Å². The molecule has 264 valence electrons. The monoisotopic (exact) mass is 851 g/mol. The number of hydrazine groups is 1. The van der Waals surface area contributed by atoms with E-state index in [4.69, 9.17) is 27.9 Å². The van der Waals surface area contributed by atoms with Gasteiger partial charge in [-0.25, -0.2) is 4.39 Å². The molecule has 6 atom stereocenters. The molecular formula is C39H29Cl2FIN3O6. The molecule has 2 saturated heterocycles. The van der Waals surface area contributed by atoms with Gasteiger partial charge in [0.1, 0.15) is 5.82 Å². The number of ether oxygens (including phenoxy) is 1. The molecule has 2 N–H and O–H groups in total. The van der Waals surface area contributed by atoms with Crippen LogP contribution in [0, 0.1) is 33.1 Å². The molecule has 2 heterocycles. The smallest absolute Gasteiger partial charge is 0.260 e. The summed E-state index contributed by atoms with van der Waals surface area (Å²) in [5.41, 5.74) is 3.91. The average molecular weight is 852 g/mol. The minimum Gasteiger partial charge on any atom is -0.504 e. The fourth-order valence-corrected chi connectivity index (χ4v) is 9.67. The third-order valence-corrected chi connectivity index (χ3v) is 12.3. The number of methoxy groups -OCH3 is 1. The normalized spacial score (nSPS) is 26.6. The number of aromatic hydroxyl groups is 1. The SMILES string of the molecule is COc1cc(C2C3=CCC4C(=O)N(c5ccc(Cl)cc5)C(=O)C4C3CC3C(=O)N(Nc4ccc(F)cc4)C(=O)C32c2ccc(Cl)cc2)cc(I)c1O. The van der Waals surface area contributed by atoms with Gasteiger partial charge in [-0.15, -0.1) is 0 Å². The van der Waals surface area contributed by atoms with E-state index in [-0.39, 0.29) is 36.2 Å². The van der Waals surface area contributed by atoms with Crippen LogP contribution in [0.4, 0.5) is 15.8 Å². The highest BCUT2D eigenvalue weighted by atomic mass is 127. The van der Waals surface area contributed by atoms with Crippen LogP contribution in [0.1, 0.15) is 29.9 Å². The van der Waals surface area contributed by atoms with Crippen molar-refractivity contribution in [1.82, 2.24) is 5.01 Å². The number of fused-ring (bicyclic) bond motifs is 4. The lowest BCUT2D eigenvalue weighted by Gasteiger charge is -2.50. The number of nitrogens with one attached hydrogen (secondary N) is 1. The minimum atomic E-state index is -1.57. The Kier molecular flexibility index (Phi) is 8.58. The Hall–Kier alpha value is -4.46. The standard InChI is InChI=1S/C39H29Cl2FIN3O6/c1-52-31-17-19(16-30(43)34(31)47)33-26-14-15-27-32(37(50)45(35(27)48)25-12-6-22(41)7-13-25)28(26)18-29-36(49)46(44-24-10-8-23(42)9-11-24)38(51)39(29,33)20-2-4-21(40)5-3-20/h2-14,16-17,27-29,32-33,44,47H,15,18H2,1H3. The van der Waals surface area contributed by atoms with E-state index >= 15 is 4.79 Å². The Morgan fingerprint density at radius 3 is 2.19 bits per heavy atom. The number of rotatable bonds is 6. The molecule has 1 saturated carbocycles. The first-order valence-electron chi connectivity index (χ1n) is 16.5. The number of imide groups is 2. The number of halogens is 4. The molecule has 0 spiro atoms. The molecule has 0 radical (unpaired) electrons. The van der Waals surface area contributed by atoms with E-state index in [1.165, 1.54) is 36.3 Å². The molecule has 2 aliphatic heterocycles. The number of carbonyl (C=O) groups is 4. The van der Waals surface area contributed by atoms with Crippen LogP contribution in [0.5, 0.6) is 11.5 Å². The number of allylic oxidation sites excluding steroid dienone is 2. The van der Waals surface area contributed by atoms with Crippen LogP contribution in [-0.2, 0) is 24.6 Å². The summed E-state index contributed by atoms with van der Waals surface area (Å²) in [6.45, 7) is 0. The van der Waals surface area contributed by atoms with E-state index in [0.29, 0.717) is 36.1 Å². The molecule has 3 fully saturated rings. The highest BCUT2D eigenvalue weighted by molar-refractivity contribution is 14.1. The van der Waals surface area contributed by atoms with Crippen LogP contribution < -0.4 is 15.1 Å². The Morgan fingerprint density at radius 1 is 0.885 bits per heavy atom. The second-order valence-electron chi connectivity index (χ2n) is 13.4. The molecule has 4 aromatic carbocycles. The Morgan fingerprint density at radius 2 is 1.54 bits per heavy atom. The Labute approximate surface area is 321 Å². The lowest BCUT2D eigenvalue weighted by Crippen LogP contribution is -2.53. The van der Waals surface area contributed by atoms with Crippen molar-refractivity contribution in [3.63, 3.8) is 0 Å². The maximum atomic E-state index is 15.3. The van der Waals surface area contributed by atoms with Gasteiger partial charge in [-0.05, 0) is 125 Å². The summed E-state index contributed by atoms with van der Waals surface area (Å²) in [4.78, 5) is 59.7. The van der Waals surface area contributed by atoms with E-state index in [2.05, 4.69) is 5.43 Å². The number of anilines is 2.